The Morgan fingerprint density at radius 3 is 2.45 bits per heavy atom. The number of halogens is 3. The van der Waals surface area contributed by atoms with Crippen LogP contribution in [0.15, 0.2) is 12.1 Å². The summed E-state index contributed by atoms with van der Waals surface area (Å²) in [4.78, 5) is 22.8. The lowest BCUT2D eigenvalue weighted by Gasteiger charge is -2.09. The molecule has 0 unspecified atom stereocenters. The monoisotopic (exact) mass is 317 g/mol. The van der Waals surface area contributed by atoms with E-state index in [1.807, 2.05) is 12.2 Å². The highest BCUT2D eigenvalue weighted by molar-refractivity contribution is 5.94. The van der Waals surface area contributed by atoms with Crippen LogP contribution in [0, 0.1) is 17.5 Å². The van der Waals surface area contributed by atoms with Crippen molar-refractivity contribution in [2.75, 3.05) is 18.4 Å². The van der Waals surface area contributed by atoms with E-state index in [0.717, 1.165) is 25.3 Å². The maximum absolute atomic E-state index is 13.3. The topological polar surface area (TPSA) is 70.2 Å². The molecule has 0 aromatic heterocycles. The quantitative estimate of drug-likeness (QED) is 0.534. The molecule has 0 atom stereocenters. The highest BCUT2D eigenvalue weighted by Crippen LogP contribution is 2.19. The standard InChI is InChI=1S/C14H18F3N3O2/c1-2-3-4-7-18-14(22)19-8-11(21)20-10-6-5-9(15)12(16)13(10)17/h5-6H,2-4,7-8H2,1H3,(H,20,21)(H2,18,19,22). The number of unbranched alkanes of at least 4 members (excludes halogenated alkanes) is 2. The van der Waals surface area contributed by atoms with Crippen LogP contribution >= 0.6 is 0 Å². The van der Waals surface area contributed by atoms with E-state index in [-0.39, 0.29) is 0 Å². The highest BCUT2D eigenvalue weighted by Gasteiger charge is 2.15. The molecule has 3 amide bonds. The van der Waals surface area contributed by atoms with Crippen LogP contribution in [0.3, 0.4) is 0 Å². The lowest BCUT2D eigenvalue weighted by Crippen LogP contribution is -2.40. The molecule has 0 aliphatic rings. The van der Waals surface area contributed by atoms with Crippen LogP contribution in [-0.2, 0) is 4.79 Å². The average Bonchev–Trinajstić information content (AvgIpc) is 2.50. The third kappa shape index (κ3) is 5.63. The van der Waals surface area contributed by atoms with Gasteiger partial charge in [0.25, 0.3) is 0 Å². The minimum Gasteiger partial charge on any atom is -0.338 e. The molecule has 0 saturated heterocycles. The molecule has 0 heterocycles. The van der Waals surface area contributed by atoms with Gasteiger partial charge in [0.2, 0.25) is 5.91 Å². The zero-order valence-corrected chi connectivity index (χ0v) is 12.1. The molecule has 0 fully saturated rings. The number of amides is 3. The summed E-state index contributed by atoms with van der Waals surface area (Å²) in [7, 11) is 0. The number of hydrogen-bond donors (Lipinski definition) is 3. The molecule has 0 aliphatic carbocycles. The number of anilines is 1. The van der Waals surface area contributed by atoms with Crippen LogP contribution in [0.2, 0.25) is 0 Å². The largest absolute Gasteiger partial charge is 0.338 e. The van der Waals surface area contributed by atoms with Crippen LogP contribution in [0.4, 0.5) is 23.7 Å². The Labute approximate surface area is 126 Å². The van der Waals surface area contributed by atoms with Crippen molar-refractivity contribution in [1.29, 1.82) is 0 Å². The van der Waals surface area contributed by atoms with Crippen molar-refractivity contribution >= 4 is 17.6 Å². The van der Waals surface area contributed by atoms with E-state index >= 15 is 0 Å². The normalized spacial score (nSPS) is 10.2. The summed E-state index contributed by atoms with van der Waals surface area (Å²) >= 11 is 0. The number of hydrogen-bond acceptors (Lipinski definition) is 2. The van der Waals surface area contributed by atoms with Gasteiger partial charge in [0.05, 0.1) is 12.2 Å². The van der Waals surface area contributed by atoms with E-state index in [9.17, 15) is 22.8 Å². The van der Waals surface area contributed by atoms with Gasteiger partial charge in [-0.2, -0.15) is 0 Å². The first-order chi connectivity index (χ1) is 10.5. The molecular formula is C14H18F3N3O2. The summed E-state index contributed by atoms with van der Waals surface area (Å²) < 4.78 is 39.0. The zero-order valence-electron chi connectivity index (χ0n) is 12.1. The maximum atomic E-state index is 13.3. The molecule has 1 aromatic carbocycles. The second kappa shape index (κ2) is 8.91. The lowest BCUT2D eigenvalue weighted by atomic mass is 10.2. The summed E-state index contributed by atoms with van der Waals surface area (Å²) in [6.07, 6.45) is 2.83. The Balaban J connectivity index is 2.38. The van der Waals surface area contributed by atoms with Gasteiger partial charge in [-0.3, -0.25) is 4.79 Å². The predicted molar refractivity (Wildman–Crippen MR) is 75.9 cm³/mol. The molecule has 0 saturated carbocycles. The number of carbonyl (C=O) groups excluding carboxylic acids is 2. The molecule has 1 rings (SSSR count). The maximum Gasteiger partial charge on any atom is 0.315 e. The van der Waals surface area contributed by atoms with Crippen molar-refractivity contribution in [3.8, 4) is 0 Å². The first-order valence-electron chi connectivity index (χ1n) is 6.90. The van der Waals surface area contributed by atoms with Crippen LogP contribution in [0.5, 0.6) is 0 Å². The fourth-order valence-electron chi connectivity index (χ4n) is 1.62. The van der Waals surface area contributed by atoms with Gasteiger partial charge < -0.3 is 16.0 Å². The smallest absolute Gasteiger partial charge is 0.315 e. The van der Waals surface area contributed by atoms with Crippen LogP contribution in [0.25, 0.3) is 0 Å². The van der Waals surface area contributed by atoms with Gasteiger partial charge in [-0.15, -0.1) is 0 Å². The second-order valence-corrected chi connectivity index (χ2v) is 4.59. The molecule has 0 bridgehead atoms. The second-order valence-electron chi connectivity index (χ2n) is 4.59. The van der Waals surface area contributed by atoms with Crippen molar-refractivity contribution in [2.45, 2.75) is 26.2 Å². The van der Waals surface area contributed by atoms with Crippen molar-refractivity contribution in [3.05, 3.63) is 29.6 Å². The summed E-state index contributed by atoms with van der Waals surface area (Å²) in [5.41, 5.74) is -0.492. The number of urea groups is 1. The molecular weight excluding hydrogens is 299 g/mol. The SMILES string of the molecule is CCCCCNC(=O)NCC(=O)Nc1ccc(F)c(F)c1F. The fraction of sp³-hybridized carbons (Fsp3) is 0.429. The van der Waals surface area contributed by atoms with Crippen molar-refractivity contribution in [3.63, 3.8) is 0 Å². The Bertz CT molecular complexity index is 538. The average molecular weight is 317 g/mol. The minimum atomic E-state index is -1.67. The van der Waals surface area contributed by atoms with Gasteiger partial charge in [-0.05, 0) is 18.6 Å². The Kier molecular flexibility index (Phi) is 7.21. The van der Waals surface area contributed by atoms with Crippen molar-refractivity contribution in [2.24, 2.45) is 0 Å². The zero-order chi connectivity index (χ0) is 16.5. The number of nitrogens with one attached hydrogen (secondary N) is 3. The lowest BCUT2D eigenvalue weighted by molar-refractivity contribution is -0.115. The number of rotatable bonds is 7. The van der Waals surface area contributed by atoms with E-state index in [0.29, 0.717) is 12.6 Å². The van der Waals surface area contributed by atoms with Gasteiger partial charge in [0.1, 0.15) is 0 Å². The number of benzene rings is 1. The molecule has 5 nitrogen and oxygen atoms in total. The Hall–Kier alpha value is -2.25. The van der Waals surface area contributed by atoms with E-state index in [2.05, 4.69) is 10.6 Å². The third-order valence-electron chi connectivity index (χ3n) is 2.78. The fourth-order valence-corrected chi connectivity index (χ4v) is 1.62. The molecule has 22 heavy (non-hydrogen) atoms. The summed E-state index contributed by atoms with van der Waals surface area (Å²) in [6.45, 7) is 2.10. The molecule has 122 valence electrons. The molecule has 3 N–H and O–H groups in total. The van der Waals surface area contributed by atoms with E-state index in [1.165, 1.54) is 0 Å². The van der Waals surface area contributed by atoms with E-state index < -0.39 is 41.6 Å². The predicted octanol–water partition coefficient (Wildman–Crippen LogP) is 2.53. The third-order valence-corrected chi connectivity index (χ3v) is 2.78. The molecule has 0 spiro atoms. The number of carbonyl (C=O) groups is 2. The highest BCUT2D eigenvalue weighted by atomic mass is 19.2. The summed E-state index contributed by atoms with van der Waals surface area (Å²) in [6, 6.07) is 1.07. The van der Waals surface area contributed by atoms with Crippen molar-refractivity contribution < 1.29 is 22.8 Å². The first kappa shape index (κ1) is 17.8. The summed E-state index contributed by atoms with van der Waals surface area (Å²) in [5.74, 6) is -5.26. The van der Waals surface area contributed by atoms with Crippen LogP contribution < -0.4 is 16.0 Å². The molecule has 0 aliphatic heterocycles. The first-order valence-corrected chi connectivity index (χ1v) is 6.90. The van der Waals surface area contributed by atoms with Crippen LogP contribution in [0.1, 0.15) is 26.2 Å². The van der Waals surface area contributed by atoms with Crippen LogP contribution in [-0.4, -0.2) is 25.0 Å². The van der Waals surface area contributed by atoms with Gasteiger partial charge in [-0.25, -0.2) is 18.0 Å². The van der Waals surface area contributed by atoms with Crippen molar-refractivity contribution in [1.82, 2.24) is 10.6 Å². The van der Waals surface area contributed by atoms with E-state index in [4.69, 9.17) is 0 Å². The Morgan fingerprint density at radius 1 is 1.05 bits per heavy atom. The molecule has 1 aromatic rings. The van der Waals surface area contributed by atoms with Gasteiger partial charge in [0, 0.05) is 6.54 Å². The molecule has 8 heteroatoms. The molecule has 0 radical (unpaired) electrons. The van der Waals surface area contributed by atoms with Gasteiger partial charge >= 0.3 is 6.03 Å². The van der Waals surface area contributed by atoms with Gasteiger partial charge in [-0.1, -0.05) is 19.8 Å². The minimum absolute atomic E-state index is 0.419. The Morgan fingerprint density at radius 2 is 1.77 bits per heavy atom. The summed E-state index contributed by atoms with van der Waals surface area (Å²) in [5, 5.41) is 6.87. The van der Waals surface area contributed by atoms with Gasteiger partial charge in [0.15, 0.2) is 17.5 Å². The van der Waals surface area contributed by atoms with E-state index in [1.54, 1.807) is 0 Å².